The molecular formula is C16H18FNO3. The molecular weight excluding hydrogens is 273 g/mol. The first-order chi connectivity index (χ1) is 9.78. The van der Waals surface area contributed by atoms with Gasteiger partial charge < -0.3 is 4.74 Å². The van der Waals surface area contributed by atoms with Crippen molar-refractivity contribution in [2.24, 2.45) is 0 Å². The Morgan fingerprint density at radius 1 is 1.29 bits per heavy atom. The van der Waals surface area contributed by atoms with Crippen molar-refractivity contribution in [3.63, 3.8) is 0 Å². The second kappa shape index (κ2) is 5.68. The zero-order valence-electron chi connectivity index (χ0n) is 12.3. The summed E-state index contributed by atoms with van der Waals surface area (Å²) in [4.78, 5) is 24.8. The van der Waals surface area contributed by atoms with Crippen LogP contribution in [-0.4, -0.2) is 28.5 Å². The third-order valence-corrected chi connectivity index (χ3v) is 2.97. The number of nitrogens with zero attached hydrogens (tertiary/aromatic N) is 1. The van der Waals surface area contributed by atoms with Gasteiger partial charge in [0.2, 0.25) is 0 Å². The van der Waals surface area contributed by atoms with Crippen LogP contribution in [0.1, 0.15) is 26.3 Å². The van der Waals surface area contributed by atoms with Gasteiger partial charge in [-0.15, -0.1) is 0 Å². The molecule has 4 nitrogen and oxygen atoms in total. The van der Waals surface area contributed by atoms with E-state index in [0.717, 1.165) is 10.5 Å². The molecule has 0 aromatic heterocycles. The molecule has 0 spiro atoms. The first-order valence-corrected chi connectivity index (χ1v) is 6.76. The Morgan fingerprint density at radius 3 is 2.48 bits per heavy atom. The molecule has 0 radical (unpaired) electrons. The van der Waals surface area contributed by atoms with Gasteiger partial charge in [-0.3, -0.25) is 4.79 Å². The summed E-state index contributed by atoms with van der Waals surface area (Å²) in [5, 5.41) is 0. The van der Waals surface area contributed by atoms with E-state index in [0.29, 0.717) is 6.42 Å². The number of hydrogen-bond acceptors (Lipinski definition) is 3. The second-order valence-electron chi connectivity index (χ2n) is 5.93. The van der Waals surface area contributed by atoms with Gasteiger partial charge in [-0.2, -0.15) is 0 Å². The minimum Gasteiger partial charge on any atom is -0.443 e. The van der Waals surface area contributed by atoms with Crippen LogP contribution in [0.15, 0.2) is 42.2 Å². The van der Waals surface area contributed by atoms with Gasteiger partial charge in [-0.05, 0) is 38.8 Å². The van der Waals surface area contributed by atoms with Crippen LogP contribution in [0.3, 0.4) is 0 Å². The quantitative estimate of drug-likeness (QED) is 0.840. The highest BCUT2D eigenvalue weighted by atomic mass is 19.1. The van der Waals surface area contributed by atoms with E-state index in [1.54, 1.807) is 20.8 Å². The Morgan fingerprint density at radius 2 is 1.90 bits per heavy atom. The molecule has 1 heterocycles. The molecule has 112 valence electrons. The van der Waals surface area contributed by atoms with E-state index in [1.165, 1.54) is 6.08 Å². The molecule has 2 rings (SSSR count). The lowest BCUT2D eigenvalue weighted by Crippen LogP contribution is -2.43. The van der Waals surface area contributed by atoms with Gasteiger partial charge in [0.1, 0.15) is 5.60 Å². The molecule has 0 aliphatic carbocycles. The van der Waals surface area contributed by atoms with Gasteiger partial charge in [0, 0.05) is 0 Å². The van der Waals surface area contributed by atoms with Crippen LogP contribution in [-0.2, 0) is 16.0 Å². The third-order valence-electron chi connectivity index (χ3n) is 2.97. The average Bonchev–Trinajstić information content (AvgIpc) is 2.64. The van der Waals surface area contributed by atoms with Gasteiger partial charge in [0.05, 0.1) is 6.04 Å². The lowest BCUT2D eigenvalue weighted by molar-refractivity contribution is -0.127. The zero-order chi connectivity index (χ0) is 15.6. The summed E-state index contributed by atoms with van der Waals surface area (Å²) in [6.45, 7) is 5.09. The number of benzene rings is 1. The standard InChI is InChI=1S/C16H18FNO3/c1-16(2,3)21-15(20)18-12(10-13(17)14(18)19)9-11-7-5-4-6-8-11/h4-8,10,12H,9H2,1-3H3. The summed E-state index contributed by atoms with van der Waals surface area (Å²) in [5.41, 5.74) is 0.170. The van der Waals surface area contributed by atoms with Gasteiger partial charge in [0.15, 0.2) is 5.83 Å². The van der Waals surface area contributed by atoms with Gasteiger partial charge in [-0.1, -0.05) is 30.3 Å². The molecule has 1 aliphatic heterocycles. The van der Waals surface area contributed by atoms with Gasteiger partial charge in [-0.25, -0.2) is 14.1 Å². The number of rotatable bonds is 2. The second-order valence-corrected chi connectivity index (χ2v) is 5.93. The van der Waals surface area contributed by atoms with E-state index >= 15 is 0 Å². The van der Waals surface area contributed by atoms with E-state index in [1.807, 2.05) is 30.3 Å². The Labute approximate surface area is 123 Å². The largest absolute Gasteiger partial charge is 0.443 e. The van der Waals surface area contributed by atoms with Crippen molar-refractivity contribution >= 4 is 12.0 Å². The fourth-order valence-electron chi connectivity index (χ4n) is 2.12. The summed E-state index contributed by atoms with van der Waals surface area (Å²) >= 11 is 0. The van der Waals surface area contributed by atoms with E-state index in [4.69, 9.17) is 4.74 Å². The van der Waals surface area contributed by atoms with Crippen molar-refractivity contribution in [2.75, 3.05) is 0 Å². The molecule has 1 aliphatic rings. The van der Waals surface area contributed by atoms with Gasteiger partial charge >= 0.3 is 6.09 Å². The van der Waals surface area contributed by atoms with Gasteiger partial charge in [0.25, 0.3) is 5.91 Å². The minimum atomic E-state index is -0.940. The van der Waals surface area contributed by atoms with E-state index in [-0.39, 0.29) is 0 Å². The van der Waals surface area contributed by atoms with Crippen LogP contribution in [0.2, 0.25) is 0 Å². The van der Waals surface area contributed by atoms with Crippen molar-refractivity contribution in [1.29, 1.82) is 0 Å². The number of halogens is 1. The number of amides is 2. The first kappa shape index (κ1) is 15.2. The molecule has 0 saturated carbocycles. The monoisotopic (exact) mass is 291 g/mol. The van der Waals surface area contributed by atoms with E-state index in [9.17, 15) is 14.0 Å². The smallest absolute Gasteiger partial charge is 0.417 e. The van der Waals surface area contributed by atoms with Crippen LogP contribution in [0.4, 0.5) is 9.18 Å². The molecule has 21 heavy (non-hydrogen) atoms. The lowest BCUT2D eigenvalue weighted by Gasteiger charge is -2.27. The molecule has 0 N–H and O–H groups in total. The number of hydrogen-bond donors (Lipinski definition) is 0. The summed E-state index contributed by atoms with van der Waals surface area (Å²) in [7, 11) is 0. The summed E-state index contributed by atoms with van der Waals surface area (Å²) in [6.07, 6.45) is 0.704. The van der Waals surface area contributed by atoms with Crippen LogP contribution in [0.5, 0.6) is 0 Å². The van der Waals surface area contributed by atoms with E-state index in [2.05, 4.69) is 0 Å². The molecule has 2 amide bonds. The van der Waals surface area contributed by atoms with Crippen LogP contribution < -0.4 is 0 Å². The molecule has 1 aromatic rings. The maximum Gasteiger partial charge on any atom is 0.417 e. The summed E-state index contributed by atoms with van der Waals surface area (Å²) in [6, 6.07) is 8.64. The molecule has 1 atom stereocenters. The molecule has 0 bridgehead atoms. The summed E-state index contributed by atoms with van der Waals surface area (Å²) in [5.74, 6) is -1.85. The van der Waals surface area contributed by atoms with Crippen LogP contribution in [0.25, 0.3) is 0 Å². The maximum atomic E-state index is 13.6. The first-order valence-electron chi connectivity index (χ1n) is 6.76. The van der Waals surface area contributed by atoms with Crippen LogP contribution in [0, 0.1) is 0 Å². The Kier molecular flexibility index (Phi) is 4.11. The number of carbonyl (C=O) groups is 2. The topological polar surface area (TPSA) is 46.6 Å². The molecule has 1 unspecified atom stereocenters. The fraction of sp³-hybridized carbons (Fsp3) is 0.375. The maximum absolute atomic E-state index is 13.6. The lowest BCUT2D eigenvalue weighted by atomic mass is 10.1. The van der Waals surface area contributed by atoms with E-state index < -0.39 is 29.5 Å². The molecule has 0 saturated heterocycles. The SMILES string of the molecule is CC(C)(C)OC(=O)N1C(=O)C(F)=CC1Cc1ccccc1. The Hall–Kier alpha value is -2.17. The Bertz CT molecular complexity index is 575. The number of imide groups is 1. The minimum absolute atomic E-state index is 0.360. The molecule has 5 heteroatoms. The van der Waals surface area contributed by atoms with Crippen molar-refractivity contribution < 1.29 is 18.7 Å². The number of ether oxygens (including phenoxy) is 1. The highest BCUT2D eigenvalue weighted by Crippen LogP contribution is 2.24. The Balaban J connectivity index is 2.18. The predicted octanol–water partition coefficient (Wildman–Crippen LogP) is 3.23. The van der Waals surface area contributed by atoms with Crippen molar-refractivity contribution in [2.45, 2.75) is 38.8 Å². The van der Waals surface area contributed by atoms with Crippen molar-refractivity contribution in [3.05, 3.63) is 47.8 Å². The third kappa shape index (κ3) is 3.68. The fourth-order valence-corrected chi connectivity index (χ4v) is 2.12. The average molecular weight is 291 g/mol. The van der Waals surface area contributed by atoms with Crippen LogP contribution >= 0.6 is 0 Å². The molecule has 1 aromatic carbocycles. The zero-order valence-corrected chi connectivity index (χ0v) is 12.3. The molecule has 0 fully saturated rings. The number of carbonyl (C=O) groups excluding carboxylic acids is 2. The highest BCUT2D eigenvalue weighted by molar-refractivity contribution is 6.04. The predicted molar refractivity (Wildman–Crippen MR) is 76.2 cm³/mol. The van der Waals surface area contributed by atoms with Crippen molar-refractivity contribution in [3.8, 4) is 0 Å². The highest BCUT2D eigenvalue weighted by Gasteiger charge is 2.39. The summed E-state index contributed by atoms with van der Waals surface area (Å²) < 4.78 is 18.7. The normalized spacial score (nSPS) is 18.7. The van der Waals surface area contributed by atoms with Crippen molar-refractivity contribution in [1.82, 2.24) is 4.90 Å².